The first-order valence-corrected chi connectivity index (χ1v) is 5.61. The number of carbonyl (C=O) groups is 1. The van der Waals surface area contributed by atoms with Crippen molar-refractivity contribution in [1.29, 1.82) is 0 Å². The molecule has 0 bridgehead atoms. The predicted molar refractivity (Wildman–Crippen MR) is 71.3 cm³/mol. The van der Waals surface area contributed by atoms with E-state index >= 15 is 0 Å². The molecule has 0 aliphatic carbocycles. The van der Waals surface area contributed by atoms with E-state index in [9.17, 15) is 4.79 Å². The molecule has 0 radical (unpaired) electrons. The van der Waals surface area contributed by atoms with Gasteiger partial charge in [-0.25, -0.2) is 0 Å². The molecule has 1 aromatic carbocycles. The number of primary amides is 1. The molecule has 7 heteroatoms. The van der Waals surface area contributed by atoms with Gasteiger partial charge in [-0.3, -0.25) is 9.63 Å². The zero-order chi connectivity index (χ0) is 14.3. The molecule has 0 saturated heterocycles. The number of hydrogen-bond acceptors (Lipinski definition) is 6. The zero-order valence-corrected chi connectivity index (χ0v) is 11.1. The quantitative estimate of drug-likeness (QED) is 0.586. The summed E-state index contributed by atoms with van der Waals surface area (Å²) < 4.78 is 10.5. The van der Waals surface area contributed by atoms with Gasteiger partial charge in [0, 0.05) is 0 Å². The van der Waals surface area contributed by atoms with Crippen molar-refractivity contribution in [1.82, 2.24) is 0 Å². The molecular formula is C12H17N3O4. The Hall–Kier alpha value is -2.28. The second-order valence-electron chi connectivity index (χ2n) is 3.35. The highest BCUT2D eigenvalue weighted by molar-refractivity contribution is 6.25. The van der Waals surface area contributed by atoms with Crippen LogP contribution in [0.4, 0.5) is 5.69 Å². The second-order valence-corrected chi connectivity index (χ2v) is 3.35. The van der Waals surface area contributed by atoms with Crippen LogP contribution in [0.25, 0.3) is 0 Å². The Bertz CT molecular complexity index is 440. The maximum absolute atomic E-state index is 10.8. The number of nitrogens with zero attached hydrogens (tertiary/aromatic N) is 2. The van der Waals surface area contributed by atoms with E-state index in [-0.39, 0.29) is 0 Å². The van der Waals surface area contributed by atoms with Crippen molar-refractivity contribution in [3.8, 4) is 11.5 Å². The summed E-state index contributed by atoms with van der Waals surface area (Å²) in [6.45, 7) is 2.13. The molecule has 19 heavy (non-hydrogen) atoms. The van der Waals surface area contributed by atoms with Gasteiger partial charge in [0.2, 0.25) is 0 Å². The molecule has 0 saturated carbocycles. The highest BCUT2D eigenvalue weighted by Gasteiger charge is 2.17. The Kier molecular flexibility index (Phi) is 5.62. The van der Waals surface area contributed by atoms with Gasteiger partial charge >= 0.3 is 0 Å². The fourth-order valence-electron chi connectivity index (χ4n) is 1.41. The van der Waals surface area contributed by atoms with E-state index in [1.165, 1.54) is 14.2 Å². The molecule has 0 spiro atoms. The van der Waals surface area contributed by atoms with E-state index in [4.69, 9.17) is 20.0 Å². The summed E-state index contributed by atoms with van der Waals surface area (Å²) in [5.41, 5.74) is 5.47. The average molecular weight is 267 g/mol. The molecular weight excluding hydrogens is 250 g/mol. The molecule has 0 aromatic heterocycles. The fourth-order valence-corrected chi connectivity index (χ4v) is 1.41. The van der Waals surface area contributed by atoms with Gasteiger partial charge in [-0.05, 0) is 19.1 Å². The highest BCUT2D eigenvalue weighted by Crippen LogP contribution is 2.37. The molecule has 1 amide bonds. The number of ether oxygens (including phenoxy) is 2. The van der Waals surface area contributed by atoms with Crippen LogP contribution in [0.2, 0.25) is 0 Å². The molecule has 0 aliphatic rings. The van der Waals surface area contributed by atoms with Crippen LogP contribution < -0.4 is 20.4 Å². The van der Waals surface area contributed by atoms with Gasteiger partial charge in [-0.15, -0.1) is 10.3 Å². The highest BCUT2D eigenvalue weighted by atomic mass is 16.7. The number of hydrogen-bond donors (Lipinski definition) is 1. The molecule has 0 fully saturated rings. The lowest BCUT2D eigenvalue weighted by atomic mass is 10.2. The van der Waals surface area contributed by atoms with E-state index in [0.29, 0.717) is 23.8 Å². The topological polar surface area (TPSA) is 86.4 Å². The number of benzene rings is 1. The van der Waals surface area contributed by atoms with Gasteiger partial charge in [0.05, 0.1) is 20.8 Å². The number of amides is 1. The van der Waals surface area contributed by atoms with Crippen molar-refractivity contribution in [2.45, 2.75) is 6.92 Å². The molecule has 0 atom stereocenters. The van der Waals surface area contributed by atoms with E-state index < -0.39 is 5.91 Å². The minimum Gasteiger partial charge on any atom is -0.494 e. The van der Waals surface area contributed by atoms with Gasteiger partial charge in [-0.2, -0.15) is 0 Å². The summed E-state index contributed by atoms with van der Waals surface area (Å²) in [5, 5.41) is 4.99. The monoisotopic (exact) mass is 267 g/mol. The van der Waals surface area contributed by atoms with Crippen molar-refractivity contribution in [3.63, 3.8) is 0 Å². The molecule has 104 valence electrons. The van der Waals surface area contributed by atoms with E-state index in [1.807, 2.05) is 0 Å². The van der Waals surface area contributed by atoms with Crippen LogP contribution >= 0.6 is 0 Å². The number of rotatable bonds is 7. The third-order valence-corrected chi connectivity index (χ3v) is 2.13. The predicted octanol–water partition coefficient (Wildman–Crippen LogP) is 0.933. The first-order valence-electron chi connectivity index (χ1n) is 5.61. The summed E-state index contributed by atoms with van der Waals surface area (Å²) in [7, 11) is 3.03. The van der Waals surface area contributed by atoms with Crippen LogP contribution in [-0.2, 0) is 9.63 Å². The van der Waals surface area contributed by atoms with Crippen molar-refractivity contribution < 1.29 is 19.1 Å². The van der Waals surface area contributed by atoms with Crippen LogP contribution in [0.15, 0.2) is 23.3 Å². The average Bonchev–Trinajstić information content (AvgIpc) is 2.42. The number of nitrogens with two attached hydrogens (primary N) is 1. The third-order valence-electron chi connectivity index (χ3n) is 2.13. The maximum atomic E-state index is 10.8. The Balaban J connectivity index is 3.23. The Labute approximate surface area is 111 Å². The van der Waals surface area contributed by atoms with Crippen molar-refractivity contribution >= 4 is 17.8 Å². The number of anilines is 1. The van der Waals surface area contributed by atoms with Crippen molar-refractivity contribution in [3.05, 3.63) is 18.2 Å². The zero-order valence-electron chi connectivity index (χ0n) is 11.1. The lowest BCUT2D eigenvalue weighted by Crippen LogP contribution is -2.21. The summed E-state index contributed by atoms with van der Waals surface area (Å²) in [5.74, 6) is 0.308. The molecule has 0 aliphatic heterocycles. The normalized spacial score (nSPS) is 10.5. The number of para-hydroxylation sites is 1. The van der Waals surface area contributed by atoms with E-state index in [1.54, 1.807) is 25.1 Å². The minimum atomic E-state index is -0.682. The van der Waals surface area contributed by atoms with Crippen LogP contribution in [0, 0.1) is 0 Å². The lowest BCUT2D eigenvalue weighted by molar-refractivity contribution is -0.111. The number of hydrazone groups is 1. The van der Waals surface area contributed by atoms with E-state index in [0.717, 1.165) is 11.4 Å². The number of methoxy groups -OCH3 is 2. The van der Waals surface area contributed by atoms with Crippen LogP contribution in [0.3, 0.4) is 0 Å². The largest absolute Gasteiger partial charge is 0.494 e. The van der Waals surface area contributed by atoms with Crippen molar-refractivity contribution in [2.75, 3.05) is 26.0 Å². The molecule has 7 nitrogen and oxygen atoms in total. The fraction of sp³-hybridized carbons (Fsp3) is 0.333. The Morgan fingerprint density at radius 1 is 1.37 bits per heavy atom. The molecule has 1 aromatic rings. The summed E-state index contributed by atoms with van der Waals surface area (Å²) in [6.07, 6.45) is 0.946. The van der Waals surface area contributed by atoms with Gasteiger partial charge < -0.3 is 15.2 Å². The summed E-state index contributed by atoms with van der Waals surface area (Å²) in [4.78, 5) is 16.1. The molecule has 0 unspecified atom stereocenters. The Morgan fingerprint density at radius 3 is 2.37 bits per heavy atom. The van der Waals surface area contributed by atoms with E-state index in [2.05, 4.69) is 5.10 Å². The van der Waals surface area contributed by atoms with Gasteiger partial charge in [0.15, 0.2) is 17.2 Å². The first-order chi connectivity index (χ1) is 9.13. The first kappa shape index (κ1) is 14.8. The van der Waals surface area contributed by atoms with Crippen LogP contribution in [0.5, 0.6) is 11.5 Å². The molecule has 2 N–H and O–H groups in total. The van der Waals surface area contributed by atoms with Gasteiger partial charge in [0.25, 0.3) is 5.91 Å². The smallest absolute Gasteiger partial charge is 0.261 e. The Morgan fingerprint density at radius 2 is 1.95 bits per heavy atom. The molecule has 0 heterocycles. The van der Waals surface area contributed by atoms with Gasteiger partial charge in [-0.1, -0.05) is 6.07 Å². The third kappa shape index (κ3) is 3.85. The standard InChI is InChI=1S/C12H17N3O4/c1-4-19-15(14-8-11(13)16)12-9(17-2)6-5-7-10(12)18-3/h5-8H,4H2,1-3H3,(H2,13,16)/b14-8+. The molecule has 1 rings (SSSR count). The maximum Gasteiger partial charge on any atom is 0.261 e. The van der Waals surface area contributed by atoms with Crippen LogP contribution in [0.1, 0.15) is 6.92 Å². The lowest BCUT2D eigenvalue weighted by Gasteiger charge is -2.21. The van der Waals surface area contributed by atoms with Crippen LogP contribution in [-0.4, -0.2) is 32.9 Å². The SMILES string of the molecule is CCON(/N=C/C(N)=O)c1c(OC)cccc1OC. The van der Waals surface area contributed by atoms with Crippen molar-refractivity contribution in [2.24, 2.45) is 10.8 Å². The summed E-state index contributed by atoms with van der Waals surface area (Å²) >= 11 is 0. The number of carbonyl (C=O) groups excluding carboxylic acids is 1. The van der Waals surface area contributed by atoms with Gasteiger partial charge in [0.1, 0.15) is 6.21 Å². The summed E-state index contributed by atoms with van der Waals surface area (Å²) in [6, 6.07) is 5.22. The minimum absolute atomic E-state index is 0.345. The second kappa shape index (κ2) is 7.22.